The van der Waals surface area contributed by atoms with Gasteiger partial charge in [0.25, 0.3) is 0 Å². The summed E-state index contributed by atoms with van der Waals surface area (Å²) in [5, 5.41) is 13.9. The Morgan fingerprint density at radius 3 is 1.51 bits per heavy atom. The standard InChI is InChI=1S/C42H85N2O6P/c1-6-8-10-12-14-16-18-20-22-23-25-27-29-31-33-35-41(45)40(39-50-51(47,48)49-38-37-44(3,4)5)43-42(46)36-34-32-30-28-26-24-21-19-17-15-13-11-9-7-2/h19,21,40-41,45H,6-18,20,22-39H2,1-5H3,(H-,43,46,47,48)/p+1/b21-19-. The molecule has 0 aliphatic carbocycles. The first-order chi connectivity index (χ1) is 24.5. The Morgan fingerprint density at radius 1 is 0.647 bits per heavy atom. The smallest absolute Gasteiger partial charge is 0.391 e. The van der Waals surface area contributed by atoms with Crippen molar-refractivity contribution in [3.63, 3.8) is 0 Å². The van der Waals surface area contributed by atoms with Gasteiger partial charge in [0.2, 0.25) is 5.91 Å². The van der Waals surface area contributed by atoms with Crippen LogP contribution in [0.4, 0.5) is 0 Å². The van der Waals surface area contributed by atoms with Crippen molar-refractivity contribution in [2.75, 3.05) is 40.9 Å². The van der Waals surface area contributed by atoms with Crippen LogP contribution < -0.4 is 5.32 Å². The average molecular weight is 746 g/mol. The number of phosphoric acid groups is 1. The van der Waals surface area contributed by atoms with Crippen LogP contribution in [0.2, 0.25) is 0 Å². The van der Waals surface area contributed by atoms with Crippen molar-refractivity contribution in [1.29, 1.82) is 0 Å². The van der Waals surface area contributed by atoms with E-state index in [-0.39, 0.29) is 19.1 Å². The second-order valence-electron chi connectivity index (χ2n) is 16.1. The molecule has 51 heavy (non-hydrogen) atoms. The first-order valence-corrected chi connectivity index (χ1v) is 23.0. The SMILES string of the molecule is CCCCCCC/C=C\CCCCCCCC(=O)NC(COP(=O)(O)OCC[N+](C)(C)C)C(O)CCCCCCCCCCCCCCCCC. The number of likely N-dealkylation sites (N-methyl/N-ethyl adjacent to an activating group) is 1. The fourth-order valence-corrected chi connectivity index (χ4v) is 7.01. The topological polar surface area (TPSA) is 105 Å². The summed E-state index contributed by atoms with van der Waals surface area (Å²) in [6, 6.07) is -0.759. The van der Waals surface area contributed by atoms with E-state index in [1.54, 1.807) is 0 Å². The molecule has 0 aromatic rings. The maximum Gasteiger partial charge on any atom is 0.472 e. The van der Waals surface area contributed by atoms with Crippen molar-refractivity contribution in [3.8, 4) is 0 Å². The zero-order chi connectivity index (χ0) is 37.9. The molecule has 304 valence electrons. The monoisotopic (exact) mass is 746 g/mol. The van der Waals surface area contributed by atoms with Gasteiger partial charge in [-0.3, -0.25) is 13.8 Å². The Morgan fingerprint density at radius 2 is 1.06 bits per heavy atom. The molecule has 8 nitrogen and oxygen atoms in total. The minimum Gasteiger partial charge on any atom is -0.391 e. The maximum absolute atomic E-state index is 12.8. The lowest BCUT2D eigenvalue weighted by atomic mass is 10.0. The van der Waals surface area contributed by atoms with Gasteiger partial charge in [-0.2, -0.15) is 0 Å². The van der Waals surface area contributed by atoms with Crippen molar-refractivity contribution >= 4 is 13.7 Å². The number of hydrogen-bond acceptors (Lipinski definition) is 5. The van der Waals surface area contributed by atoms with Crippen LogP contribution in [0.25, 0.3) is 0 Å². The molecule has 0 aliphatic rings. The Kier molecular flexibility index (Phi) is 34.5. The highest BCUT2D eigenvalue weighted by Gasteiger charge is 2.28. The predicted octanol–water partition coefficient (Wildman–Crippen LogP) is 11.6. The molecule has 9 heteroatoms. The molecule has 0 aromatic carbocycles. The fourth-order valence-electron chi connectivity index (χ4n) is 6.28. The van der Waals surface area contributed by atoms with Crippen molar-refractivity contribution in [1.82, 2.24) is 5.32 Å². The summed E-state index contributed by atoms with van der Waals surface area (Å²) in [5.41, 5.74) is 0. The van der Waals surface area contributed by atoms with Gasteiger partial charge in [0.1, 0.15) is 13.2 Å². The van der Waals surface area contributed by atoms with E-state index in [4.69, 9.17) is 9.05 Å². The van der Waals surface area contributed by atoms with Crippen LogP contribution >= 0.6 is 7.82 Å². The molecule has 1 amide bonds. The summed E-state index contributed by atoms with van der Waals surface area (Å²) in [4.78, 5) is 23.1. The van der Waals surface area contributed by atoms with Gasteiger partial charge in [-0.15, -0.1) is 0 Å². The fraction of sp³-hybridized carbons (Fsp3) is 0.929. The Labute approximate surface area is 316 Å². The van der Waals surface area contributed by atoms with Crippen LogP contribution in [0.1, 0.15) is 200 Å². The second kappa shape index (κ2) is 35.0. The van der Waals surface area contributed by atoms with Crippen molar-refractivity contribution in [3.05, 3.63) is 12.2 Å². The summed E-state index contributed by atoms with van der Waals surface area (Å²) in [6.07, 6.45) is 38.0. The van der Waals surface area contributed by atoms with E-state index in [9.17, 15) is 19.4 Å². The maximum atomic E-state index is 12.8. The predicted molar refractivity (Wildman–Crippen MR) is 217 cm³/mol. The highest BCUT2D eigenvalue weighted by atomic mass is 31.2. The summed E-state index contributed by atoms with van der Waals surface area (Å²) >= 11 is 0. The molecular formula is C42H86N2O6P+. The largest absolute Gasteiger partial charge is 0.472 e. The Hall–Kier alpha value is -0.760. The van der Waals surface area contributed by atoms with Crippen molar-refractivity contribution < 1.29 is 32.9 Å². The molecule has 3 atom stereocenters. The van der Waals surface area contributed by atoms with E-state index >= 15 is 0 Å². The number of amides is 1. The highest BCUT2D eigenvalue weighted by molar-refractivity contribution is 7.47. The lowest BCUT2D eigenvalue weighted by molar-refractivity contribution is -0.870. The molecular weight excluding hydrogens is 659 g/mol. The first-order valence-electron chi connectivity index (χ1n) is 21.6. The first kappa shape index (κ1) is 50.2. The van der Waals surface area contributed by atoms with Crippen LogP contribution in [0.5, 0.6) is 0 Å². The van der Waals surface area contributed by atoms with Crippen LogP contribution in [0.15, 0.2) is 12.2 Å². The summed E-state index contributed by atoms with van der Waals surface area (Å²) in [6.45, 7) is 4.87. The zero-order valence-electron chi connectivity index (χ0n) is 34.4. The lowest BCUT2D eigenvalue weighted by Gasteiger charge is -2.26. The number of allylic oxidation sites excluding steroid dienone is 2. The van der Waals surface area contributed by atoms with E-state index in [0.29, 0.717) is 23.9 Å². The van der Waals surface area contributed by atoms with Crippen LogP contribution in [-0.2, 0) is 18.4 Å². The number of nitrogens with zero attached hydrogens (tertiary/aromatic N) is 1. The number of nitrogens with one attached hydrogen (secondary N) is 1. The number of unbranched alkanes of at least 4 members (excludes halogenated alkanes) is 24. The minimum atomic E-state index is -4.31. The molecule has 0 saturated heterocycles. The Balaban J connectivity index is 4.40. The van der Waals surface area contributed by atoms with Gasteiger partial charge < -0.3 is 19.8 Å². The summed E-state index contributed by atoms with van der Waals surface area (Å²) in [5.74, 6) is -0.153. The third kappa shape index (κ3) is 37.4. The van der Waals surface area contributed by atoms with E-state index < -0.39 is 20.0 Å². The van der Waals surface area contributed by atoms with Crippen LogP contribution in [0.3, 0.4) is 0 Å². The number of phosphoric ester groups is 1. The quantitative estimate of drug-likeness (QED) is 0.0250. The van der Waals surface area contributed by atoms with E-state index in [1.807, 2.05) is 21.1 Å². The molecule has 0 spiro atoms. The van der Waals surface area contributed by atoms with E-state index in [0.717, 1.165) is 51.4 Å². The normalized spacial score (nSPS) is 14.6. The van der Waals surface area contributed by atoms with E-state index in [1.165, 1.54) is 122 Å². The van der Waals surface area contributed by atoms with Gasteiger partial charge in [0.15, 0.2) is 0 Å². The minimum absolute atomic E-state index is 0.0748. The van der Waals surface area contributed by atoms with Crippen molar-refractivity contribution in [2.45, 2.75) is 212 Å². The number of rotatable bonds is 39. The summed E-state index contributed by atoms with van der Waals surface area (Å²) in [7, 11) is 1.61. The molecule has 0 radical (unpaired) electrons. The molecule has 0 fully saturated rings. The highest BCUT2D eigenvalue weighted by Crippen LogP contribution is 2.43. The van der Waals surface area contributed by atoms with Gasteiger partial charge in [-0.05, 0) is 38.5 Å². The molecule has 3 N–H and O–H groups in total. The number of aliphatic hydroxyl groups is 1. The average Bonchev–Trinajstić information content (AvgIpc) is 3.07. The van der Waals surface area contributed by atoms with Gasteiger partial charge in [0, 0.05) is 6.42 Å². The zero-order valence-corrected chi connectivity index (χ0v) is 35.3. The van der Waals surface area contributed by atoms with Crippen molar-refractivity contribution in [2.24, 2.45) is 0 Å². The lowest BCUT2D eigenvalue weighted by Crippen LogP contribution is -2.46. The van der Waals surface area contributed by atoms with Gasteiger partial charge in [-0.25, -0.2) is 4.57 Å². The Bertz CT molecular complexity index is 850. The number of carbonyl (C=O) groups is 1. The van der Waals surface area contributed by atoms with Gasteiger partial charge in [0.05, 0.1) is 39.9 Å². The molecule has 0 aliphatic heterocycles. The number of carbonyl (C=O) groups excluding carboxylic acids is 1. The number of quaternary nitrogens is 1. The van der Waals surface area contributed by atoms with E-state index in [2.05, 4.69) is 31.3 Å². The van der Waals surface area contributed by atoms with Gasteiger partial charge in [-0.1, -0.05) is 167 Å². The molecule has 0 rings (SSSR count). The molecule has 0 saturated carbocycles. The number of aliphatic hydroxyl groups excluding tert-OH is 1. The molecule has 0 heterocycles. The molecule has 0 bridgehead atoms. The third-order valence-corrected chi connectivity index (χ3v) is 10.7. The molecule has 3 unspecified atom stereocenters. The molecule has 0 aromatic heterocycles. The van der Waals surface area contributed by atoms with Crippen LogP contribution in [0, 0.1) is 0 Å². The van der Waals surface area contributed by atoms with Gasteiger partial charge >= 0.3 is 7.82 Å². The van der Waals surface area contributed by atoms with Crippen LogP contribution in [-0.4, -0.2) is 73.4 Å². The number of hydrogen-bond donors (Lipinski definition) is 3. The third-order valence-electron chi connectivity index (χ3n) is 9.76. The second-order valence-corrected chi connectivity index (χ2v) is 17.5. The summed E-state index contributed by atoms with van der Waals surface area (Å²) < 4.78 is 23.6.